The summed E-state index contributed by atoms with van der Waals surface area (Å²) < 4.78 is 46.3. The molecule has 15 heteroatoms. The van der Waals surface area contributed by atoms with Gasteiger partial charge in [0.05, 0.1) is 36.1 Å². The van der Waals surface area contributed by atoms with Crippen molar-refractivity contribution < 1.29 is 27.1 Å². The molecule has 0 radical (unpaired) electrons. The van der Waals surface area contributed by atoms with E-state index in [1.807, 2.05) is 24.3 Å². The highest BCUT2D eigenvalue weighted by atomic mass is 32.2. The van der Waals surface area contributed by atoms with Crippen LogP contribution in [0.2, 0.25) is 0 Å². The summed E-state index contributed by atoms with van der Waals surface area (Å²) in [5.74, 6) is 0.135. The van der Waals surface area contributed by atoms with Crippen LogP contribution in [0.5, 0.6) is 5.75 Å². The van der Waals surface area contributed by atoms with Gasteiger partial charge in [-0.3, -0.25) is 9.59 Å². The van der Waals surface area contributed by atoms with E-state index in [1.165, 1.54) is 67.3 Å². The van der Waals surface area contributed by atoms with Gasteiger partial charge in [0.2, 0.25) is 10.0 Å². The highest BCUT2D eigenvalue weighted by Crippen LogP contribution is 2.34. The van der Waals surface area contributed by atoms with Gasteiger partial charge >= 0.3 is 0 Å². The first-order valence-corrected chi connectivity index (χ1v) is 16.5. The molecule has 0 saturated heterocycles. The normalized spacial score (nSPS) is 14.8. The lowest BCUT2D eigenvalue weighted by molar-refractivity contribution is -0.130. The van der Waals surface area contributed by atoms with Crippen molar-refractivity contribution in [3.63, 3.8) is 0 Å². The minimum absolute atomic E-state index is 0.0115. The molecule has 4 aromatic rings. The summed E-state index contributed by atoms with van der Waals surface area (Å²) in [6.45, 7) is 0.0584. The van der Waals surface area contributed by atoms with E-state index < -0.39 is 22.0 Å². The SMILES string of the molecule is COc1ccc(C2=NN(C(=O)CSc3nnc(CNC(=O)c4ccc(S(=O)(=O)N(C)C)cc4)n3C)C(c3ccc(F)cc3)C2)cc1. The Morgan fingerprint density at radius 2 is 1.70 bits per heavy atom. The number of hydrazone groups is 1. The number of aromatic nitrogens is 3. The number of halogens is 1. The molecular formula is C31H32FN7O5S2. The third-order valence-corrected chi connectivity index (χ3v) is 10.2. The van der Waals surface area contributed by atoms with E-state index in [2.05, 4.69) is 20.6 Å². The van der Waals surface area contributed by atoms with Crippen molar-refractivity contribution in [2.45, 2.75) is 29.1 Å². The molecule has 5 rings (SSSR count). The number of nitrogens with one attached hydrogen (secondary N) is 1. The zero-order valence-corrected chi connectivity index (χ0v) is 27.2. The number of hydrogen-bond acceptors (Lipinski definition) is 9. The van der Waals surface area contributed by atoms with Crippen molar-refractivity contribution in [1.82, 2.24) is 29.4 Å². The Labute approximate surface area is 270 Å². The molecule has 3 aromatic carbocycles. The largest absolute Gasteiger partial charge is 0.497 e. The maximum atomic E-state index is 13.7. The number of thioether (sulfide) groups is 1. The van der Waals surface area contributed by atoms with E-state index in [0.717, 1.165) is 21.1 Å². The third-order valence-electron chi connectivity index (χ3n) is 7.40. The van der Waals surface area contributed by atoms with Crippen LogP contribution in [0.4, 0.5) is 4.39 Å². The highest BCUT2D eigenvalue weighted by molar-refractivity contribution is 7.99. The molecule has 12 nitrogen and oxygen atoms in total. The summed E-state index contributed by atoms with van der Waals surface area (Å²) >= 11 is 1.18. The van der Waals surface area contributed by atoms with Gasteiger partial charge in [0.15, 0.2) is 11.0 Å². The van der Waals surface area contributed by atoms with Crippen molar-refractivity contribution in [2.75, 3.05) is 27.0 Å². The molecule has 0 fully saturated rings. The summed E-state index contributed by atoms with van der Waals surface area (Å²) in [5, 5.41) is 17.7. The molecule has 240 valence electrons. The number of hydrogen-bond donors (Lipinski definition) is 1. The fraction of sp³-hybridized carbons (Fsp3) is 0.258. The van der Waals surface area contributed by atoms with E-state index in [4.69, 9.17) is 4.74 Å². The Balaban J connectivity index is 1.23. The average molecular weight is 666 g/mol. The van der Waals surface area contributed by atoms with Crippen molar-refractivity contribution in [3.8, 4) is 5.75 Å². The second-order valence-electron chi connectivity index (χ2n) is 10.5. The first-order chi connectivity index (χ1) is 22.0. The topological polar surface area (TPSA) is 139 Å². The smallest absolute Gasteiger partial charge is 0.253 e. The minimum Gasteiger partial charge on any atom is -0.497 e. The standard InChI is InChI=1S/C31H32FN7O5S2/c1-37(2)46(42,43)25-15-9-22(10-16-25)30(41)33-18-28-34-35-31(38(28)3)45-19-29(40)39-27(21-5-11-23(32)12-6-21)17-26(36-39)20-7-13-24(44-4)14-8-20/h5-16,27H,17-19H2,1-4H3,(H,33,41). The number of benzene rings is 3. The summed E-state index contributed by atoms with van der Waals surface area (Å²) in [4.78, 5) is 26.3. The molecule has 0 saturated carbocycles. The lowest BCUT2D eigenvalue weighted by Crippen LogP contribution is -2.28. The Morgan fingerprint density at radius 1 is 1.02 bits per heavy atom. The molecule has 2 amide bonds. The van der Waals surface area contributed by atoms with Crippen LogP contribution >= 0.6 is 11.8 Å². The van der Waals surface area contributed by atoms with Gasteiger partial charge in [0.25, 0.3) is 11.8 Å². The summed E-state index contributed by atoms with van der Waals surface area (Å²) in [6.07, 6.45) is 0.455. The van der Waals surface area contributed by atoms with Crippen LogP contribution in [0.15, 0.2) is 87.9 Å². The monoisotopic (exact) mass is 665 g/mol. The molecule has 1 N–H and O–H groups in total. The van der Waals surface area contributed by atoms with Crippen LogP contribution in [-0.4, -0.2) is 77.0 Å². The molecule has 0 aliphatic carbocycles. The molecule has 1 unspecified atom stereocenters. The lowest BCUT2D eigenvalue weighted by Gasteiger charge is -2.22. The molecule has 1 aliphatic heterocycles. The number of sulfonamides is 1. The van der Waals surface area contributed by atoms with Gasteiger partial charge in [-0.2, -0.15) is 5.10 Å². The molecule has 46 heavy (non-hydrogen) atoms. The predicted molar refractivity (Wildman–Crippen MR) is 170 cm³/mol. The van der Waals surface area contributed by atoms with E-state index in [-0.39, 0.29) is 34.5 Å². The van der Waals surface area contributed by atoms with E-state index >= 15 is 0 Å². The number of nitrogens with zero attached hydrogens (tertiary/aromatic N) is 6. The number of ether oxygens (including phenoxy) is 1. The zero-order chi connectivity index (χ0) is 33.0. The average Bonchev–Trinajstić information content (AvgIpc) is 3.66. The van der Waals surface area contributed by atoms with Crippen LogP contribution in [0.3, 0.4) is 0 Å². The van der Waals surface area contributed by atoms with Crippen LogP contribution < -0.4 is 10.1 Å². The number of carbonyl (C=O) groups excluding carboxylic acids is 2. The quantitative estimate of drug-likeness (QED) is 0.240. The lowest BCUT2D eigenvalue weighted by atomic mass is 9.98. The van der Waals surface area contributed by atoms with Crippen LogP contribution in [0, 0.1) is 5.82 Å². The van der Waals surface area contributed by atoms with E-state index in [0.29, 0.717) is 23.2 Å². The maximum absolute atomic E-state index is 13.7. The first kappa shape index (κ1) is 32.8. The van der Waals surface area contributed by atoms with Gasteiger partial charge in [-0.05, 0) is 71.8 Å². The fourth-order valence-electron chi connectivity index (χ4n) is 4.71. The number of rotatable bonds is 11. The third kappa shape index (κ3) is 7.11. The van der Waals surface area contributed by atoms with E-state index in [9.17, 15) is 22.4 Å². The predicted octanol–water partition coefficient (Wildman–Crippen LogP) is 3.61. The van der Waals surface area contributed by atoms with Gasteiger partial charge in [-0.15, -0.1) is 10.2 Å². The van der Waals surface area contributed by atoms with Gasteiger partial charge in [-0.25, -0.2) is 22.1 Å². The molecule has 1 aromatic heterocycles. The summed E-state index contributed by atoms with van der Waals surface area (Å²) in [5.41, 5.74) is 2.62. The van der Waals surface area contributed by atoms with Crippen molar-refractivity contribution >= 4 is 39.3 Å². The number of amides is 2. The number of carbonyl (C=O) groups is 2. The van der Waals surface area contributed by atoms with Gasteiger partial charge in [-0.1, -0.05) is 23.9 Å². The summed E-state index contributed by atoms with van der Waals surface area (Å²) in [6, 6.07) is 18.7. The molecule has 1 aliphatic rings. The second kappa shape index (κ2) is 13.8. The van der Waals surface area contributed by atoms with Crippen molar-refractivity contribution in [1.29, 1.82) is 0 Å². The van der Waals surface area contributed by atoms with Crippen LogP contribution in [0.1, 0.15) is 39.8 Å². The molecule has 0 spiro atoms. The molecule has 0 bridgehead atoms. The van der Waals surface area contributed by atoms with Crippen molar-refractivity contribution in [3.05, 3.63) is 101 Å². The Hall–Kier alpha value is -4.60. The van der Waals surface area contributed by atoms with Gasteiger partial charge < -0.3 is 14.6 Å². The fourth-order valence-corrected chi connectivity index (χ4v) is 6.39. The Bertz CT molecular complexity index is 1860. The van der Waals surface area contributed by atoms with E-state index in [1.54, 1.807) is 30.9 Å². The Kier molecular flexibility index (Phi) is 9.84. The van der Waals surface area contributed by atoms with Gasteiger partial charge in [0.1, 0.15) is 11.6 Å². The van der Waals surface area contributed by atoms with Crippen LogP contribution in [-0.2, 0) is 28.4 Å². The van der Waals surface area contributed by atoms with Crippen LogP contribution in [0.25, 0.3) is 0 Å². The molecular weight excluding hydrogens is 634 g/mol. The van der Waals surface area contributed by atoms with Crippen molar-refractivity contribution in [2.24, 2.45) is 12.1 Å². The van der Waals surface area contributed by atoms with Gasteiger partial charge in [0, 0.05) is 33.1 Å². The molecule has 1 atom stereocenters. The first-order valence-electron chi connectivity index (χ1n) is 14.1. The highest BCUT2D eigenvalue weighted by Gasteiger charge is 2.33. The zero-order valence-electron chi connectivity index (χ0n) is 25.5. The minimum atomic E-state index is -3.61. The Morgan fingerprint density at radius 3 is 2.33 bits per heavy atom. The second-order valence-corrected chi connectivity index (χ2v) is 13.6. The number of methoxy groups -OCH3 is 1. The summed E-state index contributed by atoms with van der Waals surface area (Å²) in [7, 11) is 2.58. The molecule has 2 heterocycles. The maximum Gasteiger partial charge on any atom is 0.253 e.